The third-order valence-corrected chi connectivity index (χ3v) is 1.81. The Labute approximate surface area is 108 Å². The molecule has 1 N–H and O–H groups in total. The van der Waals surface area contributed by atoms with Crippen LogP contribution in [0.5, 0.6) is 0 Å². The van der Waals surface area contributed by atoms with Crippen LogP contribution in [0, 0.1) is 0 Å². The van der Waals surface area contributed by atoms with Crippen molar-refractivity contribution >= 4 is 12.1 Å². The first-order valence-corrected chi connectivity index (χ1v) is 5.88. The Morgan fingerprint density at radius 2 is 1.89 bits per heavy atom. The van der Waals surface area contributed by atoms with E-state index in [0.717, 1.165) is 0 Å². The van der Waals surface area contributed by atoms with Crippen molar-refractivity contribution in [2.45, 2.75) is 45.8 Å². The van der Waals surface area contributed by atoms with Crippen molar-refractivity contribution in [3.63, 3.8) is 0 Å². The lowest BCUT2D eigenvalue weighted by Gasteiger charge is -2.21. The molecule has 1 unspecified atom stereocenters. The third kappa shape index (κ3) is 9.89. The average molecular weight is 261 g/mol. The minimum absolute atomic E-state index is 0.183. The van der Waals surface area contributed by atoms with E-state index in [2.05, 4.69) is 10.1 Å². The van der Waals surface area contributed by atoms with Crippen molar-refractivity contribution in [1.29, 1.82) is 0 Å². The summed E-state index contributed by atoms with van der Waals surface area (Å²) < 4.78 is 14.8. The zero-order chi connectivity index (χ0) is 14.2. The zero-order valence-corrected chi connectivity index (χ0v) is 11.7. The first-order valence-electron chi connectivity index (χ1n) is 5.88. The summed E-state index contributed by atoms with van der Waals surface area (Å²) in [6, 6.07) is -0.183. The van der Waals surface area contributed by atoms with Gasteiger partial charge in [0.05, 0.1) is 32.8 Å². The first-order chi connectivity index (χ1) is 8.24. The van der Waals surface area contributed by atoms with Gasteiger partial charge < -0.3 is 19.5 Å². The number of carbonyl (C=O) groups excluding carboxylic acids is 2. The summed E-state index contributed by atoms with van der Waals surface area (Å²) in [6.07, 6.45) is -0.276. The quantitative estimate of drug-likeness (QED) is 0.579. The lowest BCUT2D eigenvalue weighted by Crippen LogP contribution is -2.39. The number of alkyl carbamates (subject to hydrolysis) is 1. The van der Waals surface area contributed by atoms with Gasteiger partial charge in [0.2, 0.25) is 0 Å². The monoisotopic (exact) mass is 261 g/mol. The van der Waals surface area contributed by atoms with Gasteiger partial charge in [-0.1, -0.05) is 0 Å². The summed E-state index contributed by atoms with van der Waals surface area (Å²) in [4.78, 5) is 22.2. The van der Waals surface area contributed by atoms with Crippen LogP contribution in [0.25, 0.3) is 0 Å². The molecule has 1 atom stereocenters. The number of nitrogens with one attached hydrogen (secondary N) is 1. The minimum atomic E-state index is -0.518. The predicted octanol–water partition coefficient (Wildman–Crippen LogP) is 1.48. The average Bonchev–Trinajstić information content (AvgIpc) is 2.21. The maximum Gasteiger partial charge on any atom is 0.407 e. The molecule has 0 spiro atoms. The van der Waals surface area contributed by atoms with Crippen LogP contribution in [0.2, 0.25) is 0 Å². The van der Waals surface area contributed by atoms with Crippen molar-refractivity contribution in [3.05, 3.63) is 0 Å². The van der Waals surface area contributed by atoms with Gasteiger partial charge in [0.15, 0.2) is 0 Å². The second kappa shape index (κ2) is 7.92. The van der Waals surface area contributed by atoms with E-state index in [-0.39, 0.29) is 25.0 Å². The highest BCUT2D eigenvalue weighted by Crippen LogP contribution is 2.06. The molecule has 0 aromatic rings. The third-order valence-electron chi connectivity index (χ3n) is 1.81. The molecule has 0 saturated carbocycles. The summed E-state index contributed by atoms with van der Waals surface area (Å²) in [5.41, 5.74) is -0.518. The van der Waals surface area contributed by atoms with E-state index < -0.39 is 11.7 Å². The molecule has 0 aromatic heterocycles. The Hall–Kier alpha value is -1.30. The Kier molecular flexibility index (Phi) is 7.35. The number of amides is 1. The highest BCUT2D eigenvalue weighted by atomic mass is 16.6. The number of rotatable bonds is 6. The van der Waals surface area contributed by atoms with Gasteiger partial charge in [0.25, 0.3) is 0 Å². The Morgan fingerprint density at radius 1 is 1.28 bits per heavy atom. The SMILES string of the molecule is COC(=O)CCOCC(C)NC(=O)OC(C)(C)C. The van der Waals surface area contributed by atoms with Gasteiger partial charge in [-0.15, -0.1) is 0 Å². The van der Waals surface area contributed by atoms with Crippen LogP contribution in [0.4, 0.5) is 4.79 Å². The Bertz CT molecular complexity index is 272. The molecule has 18 heavy (non-hydrogen) atoms. The molecule has 6 nitrogen and oxygen atoms in total. The van der Waals surface area contributed by atoms with E-state index >= 15 is 0 Å². The molecule has 0 radical (unpaired) electrons. The lowest BCUT2D eigenvalue weighted by atomic mass is 10.2. The fraction of sp³-hybridized carbons (Fsp3) is 0.833. The Balaban J connectivity index is 3.68. The normalized spacial score (nSPS) is 12.7. The van der Waals surface area contributed by atoms with Crippen molar-refractivity contribution in [2.75, 3.05) is 20.3 Å². The number of hydrogen-bond donors (Lipinski definition) is 1. The van der Waals surface area contributed by atoms with Gasteiger partial charge in [0, 0.05) is 0 Å². The van der Waals surface area contributed by atoms with Gasteiger partial charge in [-0.3, -0.25) is 4.79 Å². The summed E-state index contributed by atoms with van der Waals surface area (Å²) in [5, 5.41) is 2.64. The molecule has 0 aliphatic rings. The molecule has 106 valence electrons. The van der Waals surface area contributed by atoms with E-state index in [9.17, 15) is 9.59 Å². The maximum absolute atomic E-state index is 11.4. The van der Waals surface area contributed by atoms with Crippen molar-refractivity contribution in [2.24, 2.45) is 0 Å². The van der Waals surface area contributed by atoms with Gasteiger partial charge >= 0.3 is 12.1 Å². The zero-order valence-electron chi connectivity index (χ0n) is 11.7. The second-order valence-corrected chi connectivity index (χ2v) is 4.95. The fourth-order valence-corrected chi connectivity index (χ4v) is 1.07. The number of methoxy groups -OCH3 is 1. The molecule has 0 aliphatic carbocycles. The number of ether oxygens (including phenoxy) is 3. The summed E-state index contributed by atoms with van der Waals surface area (Å²) in [7, 11) is 1.33. The fourth-order valence-electron chi connectivity index (χ4n) is 1.07. The molecular formula is C12H23NO5. The molecule has 0 saturated heterocycles. The largest absolute Gasteiger partial charge is 0.469 e. The van der Waals surface area contributed by atoms with Crippen LogP contribution in [-0.4, -0.2) is 44.0 Å². The summed E-state index contributed by atoms with van der Waals surface area (Å²) >= 11 is 0. The van der Waals surface area contributed by atoms with Gasteiger partial charge in [-0.25, -0.2) is 4.79 Å². The Morgan fingerprint density at radius 3 is 2.39 bits per heavy atom. The van der Waals surface area contributed by atoms with Crippen LogP contribution < -0.4 is 5.32 Å². The molecule has 0 heterocycles. The highest BCUT2D eigenvalue weighted by Gasteiger charge is 2.17. The lowest BCUT2D eigenvalue weighted by molar-refractivity contribution is -0.141. The molecule has 0 fully saturated rings. The van der Waals surface area contributed by atoms with Crippen LogP contribution >= 0.6 is 0 Å². The molecule has 0 rings (SSSR count). The van der Waals surface area contributed by atoms with Crippen LogP contribution in [0.15, 0.2) is 0 Å². The number of hydrogen-bond acceptors (Lipinski definition) is 5. The van der Waals surface area contributed by atoms with E-state index in [0.29, 0.717) is 6.61 Å². The van der Waals surface area contributed by atoms with Gasteiger partial charge in [-0.05, 0) is 27.7 Å². The van der Waals surface area contributed by atoms with Crippen LogP contribution in [0.3, 0.4) is 0 Å². The number of esters is 1. The molecule has 0 aromatic carbocycles. The number of carbonyl (C=O) groups is 2. The van der Waals surface area contributed by atoms with Crippen LogP contribution in [0.1, 0.15) is 34.1 Å². The molecule has 6 heteroatoms. The molecule has 0 aliphatic heterocycles. The molecule has 1 amide bonds. The minimum Gasteiger partial charge on any atom is -0.469 e. The summed E-state index contributed by atoms with van der Waals surface area (Å²) in [5.74, 6) is -0.317. The van der Waals surface area contributed by atoms with Crippen molar-refractivity contribution in [3.8, 4) is 0 Å². The maximum atomic E-state index is 11.4. The second-order valence-electron chi connectivity index (χ2n) is 4.95. The predicted molar refractivity (Wildman–Crippen MR) is 66.3 cm³/mol. The smallest absolute Gasteiger partial charge is 0.407 e. The van der Waals surface area contributed by atoms with E-state index in [1.807, 2.05) is 0 Å². The van der Waals surface area contributed by atoms with Crippen molar-refractivity contribution in [1.82, 2.24) is 5.32 Å². The van der Waals surface area contributed by atoms with E-state index in [1.54, 1.807) is 27.7 Å². The van der Waals surface area contributed by atoms with Gasteiger partial charge in [-0.2, -0.15) is 0 Å². The van der Waals surface area contributed by atoms with E-state index in [4.69, 9.17) is 9.47 Å². The summed E-state index contributed by atoms with van der Waals surface area (Å²) in [6.45, 7) is 7.77. The standard InChI is InChI=1S/C12H23NO5/c1-9(8-17-7-6-10(14)16-5)13-11(15)18-12(2,3)4/h9H,6-8H2,1-5H3,(H,13,15). The van der Waals surface area contributed by atoms with Crippen LogP contribution in [-0.2, 0) is 19.0 Å². The van der Waals surface area contributed by atoms with E-state index in [1.165, 1.54) is 7.11 Å². The highest BCUT2D eigenvalue weighted by molar-refractivity contribution is 5.69. The molecular weight excluding hydrogens is 238 g/mol. The molecule has 0 bridgehead atoms. The van der Waals surface area contributed by atoms with Gasteiger partial charge in [0.1, 0.15) is 5.60 Å². The topological polar surface area (TPSA) is 73.9 Å². The first kappa shape index (κ1) is 16.7. The van der Waals surface area contributed by atoms with Crippen molar-refractivity contribution < 1.29 is 23.8 Å².